The topological polar surface area (TPSA) is 66.8 Å². The SMILES string of the molecule is COC1(CC(=O)N(CC(=O)O)CC(F)(F)F)CCC1. The number of alkyl halides is 3. The van der Waals surface area contributed by atoms with Crippen molar-refractivity contribution < 1.29 is 32.6 Å². The summed E-state index contributed by atoms with van der Waals surface area (Å²) < 4.78 is 42.1. The van der Waals surface area contributed by atoms with Crippen LogP contribution in [0.5, 0.6) is 0 Å². The van der Waals surface area contributed by atoms with E-state index < -0.39 is 36.7 Å². The summed E-state index contributed by atoms with van der Waals surface area (Å²) in [4.78, 5) is 22.6. The summed E-state index contributed by atoms with van der Waals surface area (Å²) in [5.74, 6) is -2.32. The molecule has 19 heavy (non-hydrogen) atoms. The number of carboxylic acids is 1. The lowest BCUT2D eigenvalue weighted by molar-refractivity contribution is -0.171. The maximum atomic E-state index is 12.3. The number of aliphatic carboxylic acids is 1. The Labute approximate surface area is 108 Å². The van der Waals surface area contributed by atoms with E-state index in [2.05, 4.69) is 0 Å². The zero-order chi connectivity index (χ0) is 14.7. The molecule has 1 N–H and O–H groups in total. The summed E-state index contributed by atoms with van der Waals surface area (Å²) >= 11 is 0. The van der Waals surface area contributed by atoms with Crippen LogP contribution in [-0.2, 0) is 14.3 Å². The second-order valence-corrected chi connectivity index (χ2v) is 4.68. The third-order valence-corrected chi connectivity index (χ3v) is 3.22. The highest BCUT2D eigenvalue weighted by atomic mass is 19.4. The lowest BCUT2D eigenvalue weighted by atomic mass is 9.77. The van der Waals surface area contributed by atoms with Gasteiger partial charge in [0.25, 0.3) is 0 Å². The van der Waals surface area contributed by atoms with E-state index in [1.54, 1.807) is 0 Å². The number of hydrogen-bond acceptors (Lipinski definition) is 3. The molecule has 0 aromatic heterocycles. The largest absolute Gasteiger partial charge is 0.480 e. The Balaban J connectivity index is 2.68. The zero-order valence-corrected chi connectivity index (χ0v) is 10.5. The summed E-state index contributed by atoms with van der Waals surface area (Å²) in [5.41, 5.74) is -0.723. The first kappa shape index (κ1) is 15.7. The van der Waals surface area contributed by atoms with E-state index in [4.69, 9.17) is 9.84 Å². The van der Waals surface area contributed by atoms with E-state index in [0.29, 0.717) is 17.7 Å². The molecule has 1 aliphatic rings. The van der Waals surface area contributed by atoms with Crippen LogP contribution in [0.4, 0.5) is 13.2 Å². The van der Waals surface area contributed by atoms with Gasteiger partial charge in [0.15, 0.2) is 0 Å². The van der Waals surface area contributed by atoms with E-state index in [9.17, 15) is 22.8 Å². The third-order valence-electron chi connectivity index (χ3n) is 3.22. The first-order valence-corrected chi connectivity index (χ1v) is 5.79. The van der Waals surface area contributed by atoms with E-state index in [-0.39, 0.29) is 6.42 Å². The molecule has 1 aliphatic carbocycles. The molecule has 0 saturated heterocycles. The van der Waals surface area contributed by atoms with Crippen molar-refractivity contribution in [3.05, 3.63) is 0 Å². The van der Waals surface area contributed by atoms with Crippen molar-refractivity contribution in [1.82, 2.24) is 4.90 Å². The number of hydrogen-bond donors (Lipinski definition) is 1. The van der Waals surface area contributed by atoms with Crippen molar-refractivity contribution in [3.8, 4) is 0 Å². The van der Waals surface area contributed by atoms with Crippen LogP contribution in [0.2, 0.25) is 0 Å². The highest BCUT2D eigenvalue weighted by Crippen LogP contribution is 2.38. The number of amides is 1. The number of ether oxygens (including phenoxy) is 1. The maximum absolute atomic E-state index is 12.3. The number of methoxy groups -OCH3 is 1. The van der Waals surface area contributed by atoms with Gasteiger partial charge in [-0.3, -0.25) is 9.59 Å². The van der Waals surface area contributed by atoms with Crippen LogP contribution < -0.4 is 0 Å². The quantitative estimate of drug-likeness (QED) is 0.800. The fourth-order valence-corrected chi connectivity index (χ4v) is 2.02. The number of carbonyl (C=O) groups excluding carboxylic acids is 1. The van der Waals surface area contributed by atoms with Crippen LogP contribution in [0, 0.1) is 0 Å². The summed E-state index contributed by atoms with van der Waals surface area (Å²) in [6.07, 6.45) is -2.79. The van der Waals surface area contributed by atoms with Gasteiger partial charge in [-0.1, -0.05) is 0 Å². The Morgan fingerprint density at radius 3 is 2.26 bits per heavy atom. The van der Waals surface area contributed by atoms with Gasteiger partial charge in [-0.15, -0.1) is 0 Å². The van der Waals surface area contributed by atoms with Crippen molar-refractivity contribution in [2.75, 3.05) is 20.2 Å². The van der Waals surface area contributed by atoms with Gasteiger partial charge in [-0.2, -0.15) is 13.2 Å². The van der Waals surface area contributed by atoms with Gasteiger partial charge >= 0.3 is 12.1 Å². The Morgan fingerprint density at radius 2 is 1.95 bits per heavy atom. The Hall–Kier alpha value is -1.31. The molecule has 1 amide bonds. The molecule has 0 aromatic rings. The van der Waals surface area contributed by atoms with E-state index in [0.717, 1.165) is 6.42 Å². The number of carboxylic acid groups (broad SMARTS) is 1. The smallest absolute Gasteiger partial charge is 0.406 e. The molecule has 0 unspecified atom stereocenters. The summed E-state index contributed by atoms with van der Waals surface area (Å²) in [6, 6.07) is 0. The van der Waals surface area contributed by atoms with E-state index in [1.807, 2.05) is 0 Å². The Morgan fingerprint density at radius 1 is 1.37 bits per heavy atom. The molecular weight excluding hydrogens is 267 g/mol. The van der Waals surface area contributed by atoms with Gasteiger partial charge in [0.05, 0.1) is 12.0 Å². The molecule has 5 nitrogen and oxygen atoms in total. The summed E-state index contributed by atoms with van der Waals surface area (Å²) in [5, 5.41) is 8.56. The van der Waals surface area contributed by atoms with Crippen LogP contribution in [-0.4, -0.2) is 53.9 Å². The summed E-state index contributed by atoms with van der Waals surface area (Å²) in [7, 11) is 1.40. The van der Waals surface area contributed by atoms with Gasteiger partial charge in [0.2, 0.25) is 5.91 Å². The molecule has 0 bridgehead atoms. The lowest BCUT2D eigenvalue weighted by Crippen LogP contribution is -2.48. The Bertz CT molecular complexity index is 347. The Kier molecular flexibility index (Phi) is 4.78. The number of nitrogens with zero attached hydrogens (tertiary/aromatic N) is 1. The molecule has 0 radical (unpaired) electrons. The number of halogens is 3. The molecule has 1 fully saturated rings. The van der Waals surface area contributed by atoms with Crippen LogP contribution in [0.15, 0.2) is 0 Å². The molecule has 110 valence electrons. The molecule has 0 atom stereocenters. The predicted octanol–water partition coefficient (Wildman–Crippen LogP) is 1.42. The van der Waals surface area contributed by atoms with Gasteiger partial charge in [0, 0.05) is 7.11 Å². The fraction of sp³-hybridized carbons (Fsp3) is 0.818. The highest BCUT2D eigenvalue weighted by molar-refractivity contribution is 5.82. The second-order valence-electron chi connectivity index (χ2n) is 4.68. The molecule has 0 spiro atoms. The first-order chi connectivity index (χ1) is 8.67. The monoisotopic (exact) mass is 283 g/mol. The van der Waals surface area contributed by atoms with Crippen molar-refractivity contribution in [3.63, 3.8) is 0 Å². The second kappa shape index (κ2) is 5.77. The molecule has 0 heterocycles. The van der Waals surface area contributed by atoms with Crippen LogP contribution in [0.1, 0.15) is 25.7 Å². The van der Waals surface area contributed by atoms with Crippen molar-refractivity contribution in [2.45, 2.75) is 37.5 Å². The number of rotatable bonds is 6. The van der Waals surface area contributed by atoms with E-state index in [1.165, 1.54) is 7.11 Å². The molecule has 8 heteroatoms. The molecule has 1 saturated carbocycles. The van der Waals surface area contributed by atoms with Crippen LogP contribution >= 0.6 is 0 Å². The molecule has 0 aromatic carbocycles. The molecule has 0 aliphatic heterocycles. The number of carbonyl (C=O) groups is 2. The minimum absolute atomic E-state index is 0.215. The standard InChI is InChI=1S/C11H16F3NO4/c1-19-10(3-2-4-10)5-8(16)15(6-9(17)18)7-11(12,13)14/h2-7H2,1H3,(H,17,18). The van der Waals surface area contributed by atoms with Crippen molar-refractivity contribution in [1.29, 1.82) is 0 Å². The third kappa shape index (κ3) is 4.70. The van der Waals surface area contributed by atoms with Gasteiger partial charge in [-0.25, -0.2) is 0 Å². The van der Waals surface area contributed by atoms with Gasteiger partial charge in [-0.05, 0) is 19.3 Å². The van der Waals surface area contributed by atoms with E-state index >= 15 is 0 Å². The summed E-state index contributed by atoms with van der Waals surface area (Å²) in [6.45, 7) is -2.52. The normalized spacial score (nSPS) is 17.7. The van der Waals surface area contributed by atoms with Crippen molar-refractivity contribution in [2.24, 2.45) is 0 Å². The zero-order valence-electron chi connectivity index (χ0n) is 10.5. The van der Waals surface area contributed by atoms with Crippen molar-refractivity contribution >= 4 is 11.9 Å². The predicted molar refractivity (Wildman–Crippen MR) is 58.5 cm³/mol. The van der Waals surface area contributed by atoms with Crippen LogP contribution in [0.25, 0.3) is 0 Å². The molecule has 1 rings (SSSR count). The average Bonchev–Trinajstić information content (AvgIpc) is 2.19. The maximum Gasteiger partial charge on any atom is 0.406 e. The minimum atomic E-state index is -4.62. The first-order valence-electron chi connectivity index (χ1n) is 5.79. The fourth-order valence-electron chi connectivity index (χ4n) is 2.02. The van der Waals surface area contributed by atoms with Crippen LogP contribution in [0.3, 0.4) is 0 Å². The highest BCUT2D eigenvalue weighted by Gasteiger charge is 2.42. The average molecular weight is 283 g/mol. The van der Waals surface area contributed by atoms with Gasteiger partial charge in [0.1, 0.15) is 13.1 Å². The van der Waals surface area contributed by atoms with Gasteiger partial charge < -0.3 is 14.7 Å². The minimum Gasteiger partial charge on any atom is -0.480 e. The lowest BCUT2D eigenvalue weighted by Gasteiger charge is -2.41. The molecular formula is C11H16F3NO4.